The quantitative estimate of drug-likeness (QED) is 0.170. The Balaban J connectivity index is 0. The summed E-state index contributed by atoms with van der Waals surface area (Å²) in [4.78, 5) is 17.1. The summed E-state index contributed by atoms with van der Waals surface area (Å²) in [5, 5.41) is 0.775. The molecule has 0 spiro atoms. The zero-order valence-corrected chi connectivity index (χ0v) is 15.8. The van der Waals surface area contributed by atoms with Crippen molar-refractivity contribution in [1.29, 1.82) is 0 Å². The van der Waals surface area contributed by atoms with Crippen molar-refractivity contribution in [3.05, 3.63) is 12.2 Å². The average molecular weight is 369 g/mol. The maximum Gasteiger partial charge on any atom is 0.333 e. The molecular weight excluding hydrogens is 338 g/mol. The summed E-state index contributed by atoms with van der Waals surface area (Å²) in [5.41, 5.74) is 0.145. The van der Waals surface area contributed by atoms with Gasteiger partial charge in [0.05, 0.1) is 5.75 Å². The SMILES string of the molecule is C=C(C)C(=O)OCCO[NH+](CCCS(=O)(=O)O)C(C)(CC)CC.[OH-]. The lowest BCUT2D eigenvalue weighted by atomic mass is 9.95. The number of quaternary nitrogens is 1. The van der Waals surface area contributed by atoms with E-state index in [1.165, 1.54) is 0 Å². The summed E-state index contributed by atoms with van der Waals surface area (Å²) in [6, 6.07) is 0. The van der Waals surface area contributed by atoms with Gasteiger partial charge in [0.25, 0.3) is 10.1 Å². The predicted molar refractivity (Wildman–Crippen MR) is 89.5 cm³/mol. The molecule has 1 unspecified atom stereocenters. The summed E-state index contributed by atoms with van der Waals surface area (Å²) in [6.07, 6.45) is 1.97. The fraction of sp³-hybridized carbons (Fsp3) is 0.800. The van der Waals surface area contributed by atoms with Gasteiger partial charge in [-0.25, -0.2) is 9.63 Å². The molecule has 0 rings (SSSR count). The molecular formula is C15H31NO7S. The topological polar surface area (TPSA) is 124 Å². The van der Waals surface area contributed by atoms with Gasteiger partial charge in [-0.15, -0.1) is 0 Å². The van der Waals surface area contributed by atoms with E-state index in [-0.39, 0.29) is 36.4 Å². The minimum Gasteiger partial charge on any atom is -0.870 e. The molecule has 3 N–H and O–H groups in total. The van der Waals surface area contributed by atoms with Crippen LogP contribution in [0.3, 0.4) is 0 Å². The molecule has 0 aromatic rings. The van der Waals surface area contributed by atoms with E-state index in [2.05, 4.69) is 13.5 Å². The maximum absolute atomic E-state index is 11.3. The van der Waals surface area contributed by atoms with E-state index in [0.717, 1.165) is 17.9 Å². The number of carbonyl (C=O) groups excluding carboxylic acids is 1. The molecule has 1 atom stereocenters. The van der Waals surface area contributed by atoms with Gasteiger partial charge in [-0.05, 0) is 13.8 Å². The Morgan fingerprint density at radius 2 is 1.79 bits per heavy atom. The van der Waals surface area contributed by atoms with E-state index in [9.17, 15) is 13.2 Å². The van der Waals surface area contributed by atoms with Crippen LogP contribution in [0.5, 0.6) is 0 Å². The predicted octanol–water partition coefficient (Wildman–Crippen LogP) is 0.602. The molecule has 0 heterocycles. The lowest BCUT2D eigenvalue weighted by Gasteiger charge is -2.34. The molecule has 0 radical (unpaired) electrons. The minimum absolute atomic E-state index is 0. The van der Waals surface area contributed by atoms with E-state index in [1.807, 2.05) is 13.8 Å². The normalized spacial score (nSPS) is 13.0. The zero-order chi connectivity index (χ0) is 18.1. The third-order valence-electron chi connectivity index (χ3n) is 3.98. The molecule has 0 amide bonds. The Hall–Kier alpha value is -1.00. The first kappa shape index (κ1) is 25.2. The Kier molecular flexibility index (Phi) is 12.1. The number of hydrogen-bond donors (Lipinski definition) is 2. The van der Waals surface area contributed by atoms with Gasteiger partial charge in [-0.1, -0.05) is 20.4 Å². The summed E-state index contributed by atoms with van der Waals surface area (Å²) < 4.78 is 35.5. The lowest BCUT2D eigenvalue weighted by molar-refractivity contribution is -1.13. The molecule has 0 fully saturated rings. The summed E-state index contributed by atoms with van der Waals surface area (Å²) in [6.45, 7) is 11.9. The van der Waals surface area contributed by atoms with Crippen LogP contribution < -0.4 is 5.06 Å². The Morgan fingerprint density at radius 1 is 1.25 bits per heavy atom. The third-order valence-corrected chi connectivity index (χ3v) is 4.79. The fourth-order valence-corrected chi connectivity index (χ4v) is 2.54. The highest BCUT2D eigenvalue weighted by Gasteiger charge is 2.34. The van der Waals surface area contributed by atoms with Crippen molar-refractivity contribution in [2.45, 2.75) is 52.5 Å². The van der Waals surface area contributed by atoms with Gasteiger partial charge in [0.2, 0.25) is 0 Å². The van der Waals surface area contributed by atoms with Crippen molar-refractivity contribution in [3.8, 4) is 0 Å². The van der Waals surface area contributed by atoms with Crippen molar-refractivity contribution in [3.63, 3.8) is 0 Å². The Morgan fingerprint density at radius 3 is 2.21 bits per heavy atom. The monoisotopic (exact) mass is 369 g/mol. The van der Waals surface area contributed by atoms with Gasteiger partial charge in [0.15, 0.2) is 0 Å². The van der Waals surface area contributed by atoms with E-state index in [0.29, 0.717) is 12.1 Å². The van der Waals surface area contributed by atoms with Gasteiger partial charge < -0.3 is 10.2 Å². The van der Waals surface area contributed by atoms with E-state index >= 15 is 0 Å². The number of nitrogens with one attached hydrogen (secondary N) is 1. The maximum atomic E-state index is 11.3. The van der Waals surface area contributed by atoms with Crippen LogP contribution in [0.1, 0.15) is 47.0 Å². The average Bonchev–Trinajstić information content (AvgIpc) is 2.47. The molecule has 8 nitrogen and oxygen atoms in total. The van der Waals surface area contributed by atoms with Crippen LogP contribution in [-0.4, -0.2) is 55.5 Å². The minimum atomic E-state index is -3.97. The van der Waals surface area contributed by atoms with Crippen molar-refractivity contribution in [2.24, 2.45) is 0 Å². The number of carbonyl (C=O) groups is 1. The highest BCUT2D eigenvalue weighted by atomic mass is 32.2. The first-order chi connectivity index (χ1) is 10.6. The number of rotatable bonds is 12. The first-order valence-corrected chi connectivity index (χ1v) is 9.43. The standard InChI is InChI=1S/C15H29NO6S.H2O/c1-6-15(5,7-2)16(9-8-12-23(18,19)20)22-11-10-21-14(17)13(3)4;/h3,6-12H2,1-2,4-5H3,(H,18,19,20);1H2. The summed E-state index contributed by atoms with van der Waals surface area (Å²) >= 11 is 0. The van der Waals surface area contributed by atoms with E-state index in [4.69, 9.17) is 14.1 Å². The molecule has 0 aliphatic rings. The summed E-state index contributed by atoms with van der Waals surface area (Å²) in [7, 11) is -3.97. The van der Waals surface area contributed by atoms with Crippen molar-refractivity contribution < 1.29 is 37.9 Å². The molecule has 9 heteroatoms. The van der Waals surface area contributed by atoms with Gasteiger partial charge in [-0.3, -0.25) is 4.55 Å². The lowest BCUT2D eigenvalue weighted by Crippen LogP contribution is -3.19. The van der Waals surface area contributed by atoms with Gasteiger partial charge in [0.1, 0.15) is 25.3 Å². The molecule has 0 bridgehead atoms. The van der Waals surface area contributed by atoms with E-state index in [1.54, 1.807) is 6.92 Å². The largest absolute Gasteiger partial charge is 0.870 e. The van der Waals surface area contributed by atoms with Crippen LogP contribution in [0.15, 0.2) is 12.2 Å². The molecule has 0 saturated carbocycles. The third kappa shape index (κ3) is 9.99. The van der Waals surface area contributed by atoms with Crippen LogP contribution in [-0.2, 0) is 24.5 Å². The fourth-order valence-electron chi connectivity index (χ4n) is 2.03. The van der Waals surface area contributed by atoms with E-state index < -0.39 is 16.1 Å². The number of hydrogen-bond acceptors (Lipinski definition) is 6. The summed E-state index contributed by atoms with van der Waals surface area (Å²) in [5.74, 6) is -0.760. The zero-order valence-electron chi connectivity index (χ0n) is 15.0. The highest BCUT2D eigenvalue weighted by molar-refractivity contribution is 7.85. The van der Waals surface area contributed by atoms with Crippen LogP contribution >= 0.6 is 0 Å². The number of hydroxylamine groups is 2. The molecule has 0 saturated heterocycles. The molecule has 144 valence electrons. The smallest absolute Gasteiger partial charge is 0.333 e. The van der Waals surface area contributed by atoms with Crippen molar-refractivity contribution >= 4 is 16.1 Å². The van der Waals surface area contributed by atoms with Crippen molar-refractivity contribution in [2.75, 3.05) is 25.5 Å². The molecule has 0 aliphatic heterocycles. The molecule has 0 aliphatic carbocycles. The second-order valence-electron chi connectivity index (χ2n) is 5.85. The number of ether oxygens (including phenoxy) is 1. The van der Waals surface area contributed by atoms with Crippen molar-refractivity contribution in [1.82, 2.24) is 0 Å². The van der Waals surface area contributed by atoms with Crippen LogP contribution in [0.25, 0.3) is 0 Å². The van der Waals surface area contributed by atoms with Gasteiger partial charge in [0, 0.05) is 24.8 Å². The molecule has 24 heavy (non-hydrogen) atoms. The first-order valence-electron chi connectivity index (χ1n) is 7.82. The van der Waals surface area contributed by atoms with Crippen LogP contribution in [0.2, 0.25) is 0 Å². The van der Waals surface area contributed by atoms with Crippen LogP contribution in [0.4, 0.5) is 0 Å². The van der Waals surface area contributed by atoms with Crippen LogP contribution in [0, 0.1) is 0 Å². The highest BCUT2D eigenvalue weighted by Crippen LogP contribution is 2.09. The Labute approximate surface area is 144 Å². The van der Waals surface area contributed by atoms with Gasteiger partial charge in [-0.2, -0.15) is 13.5 Å². The van der Waals surface area contributed by atoms with Gasteiger partial charge >= 0.3 is 5.97 Å². The second-order valence-corrected chi connectivity index (χ2v) is 7.42. The number of esters is 1. The molecule has 0 aromatic carbocycles. The Bertz CT molecular complexity index is 486. The molecule has 0 aromatic heterocycles. The second kappa shape index (κ2) is 11.5.